The van der Waals surface area contributed by atoms with Gasteiger partial charge in [0.05, 0.1) is 11.0 Å². The van der Waals surface area contributed by atoms with Crippen LogP contribution in [0.2, 0.25) is 0 Å². The van der Waals surface area contributed by atoms with Gasteiger partial charge in [-0.3, -0.25) is 15.0 Å². The van der Waals surface area contributed by atoms with E-state index in [4.69, 9.17) is 29.3 Å². The zero-order valence-corrected chi connectivity index (χ0v) is 34.7. The Kier molecular flexibility index (Phi) is 8.39. The van der Waals surface area contributed by atoms with Crippen LogP contribution < -0.4 is 0 Å². The van der Waals surface area contributed by atoms with Crippen LogP contribution in [-0.2, 0) is 0 Å². The third kappa shape index (κ3) is 6.28. The maximum atomic E-state index is 6.38. The molecule has 0 N–H and O–H groups in total. The first-order valence-electron chi connectivity index (χ1n) is 21.6. The number of fused-ring (bicyclic) bond motifs is 7. The second kappa shape index (κ2) is 14.9. The summed E-state index contributed by atoms with van der Waals surface area (Å²) in [6.07, 6.45) is 7.38. The quantitative estimate of drug-likeness (QED) is 0.154. The van der Waals surface area contributed by atoms with Crippen molar-refractivity contribution in [1.29, 1.82) is 0 Å². The average molecular weight is 831 g/mol. The Labute approximate surface area is 372 Å². The lowest BCUT2D eigenvalue weighted by Crippen LogP contribution is -2.01. The van der Waals surface area contributed by atoms with Crippen LogP contribution >= 0.6 is 0 Å². The van der Waals surface area contributed by atoms with Crippen molar-refractivity contribution in [3.63, 3.8) is 0 Å². The van der Waals surface area contributed by atoms with Crippen molar-refractivity contribution in [2.75, 3.05) is 0 Å². The second-order valence-electron chi connectivity index (χ2n) is 16.3. The fourth-order valence-electron chi connectivity index (χ4n) is 9.41. The van der Waals surface area contributed by atoms with Crippen LogP contribution in [0, 0.1) is 0 Å². The summed E-state index contributed by atoms with van der Waals surface area (Å²) in [6.45, 7) is 0. The molecule has 5 heterocycles. The van der Waals surface area contributed by atoms with Crippen LogP contribution in [-0.4, -0.2) is 29.9 Å². The molecule has 0 bridgehead atoms. The number of rotatable bonds is 6. The smallest absolute Gasteiger partial charge is 0.164 e. The van der Waals surface area contributed by atoms with Crippen molar-refractivity contribution >= 4 is 65.3 Å². The topological polar surface area (TPSA) is 90.5 Å². The first kappa shape index (κ1) is 36.7. The Bertz CT molecular complexity index is 3770. The zero-order valence-electron chi connectivity index (χ0n) is 34.7. The SMILES string of the molecule is c1cncc(-c2ccc(-c3nc(-c4cc(-c5c6ccccc6cc6ncccc56)cc(-c5c6ccccc6cc6ncccc56)c4)nc(-c4ccc5c(c4)oc4ccccc45)n3)cc2)c1. The predicted molar refractivity (Wildman–Crippen MR) is 263 cm³/mol. The second-order valence-corrected chi connectivity index (χ2v) is 16.3. The fourth-order valence-corrected chi connectivity index (χ4v) is 9.41. The lowest BCUT2D eigenvalue weighted by Gasteiger charge is -2.17. The molecular weight excluding hydrogens is 797 g/mol. The number of benzene rings is 8. The standard InChI is InChI=1S/C58H34N6O/c1-3-13-44-37(10-1)31-50-48(16-8-26-60-50)54(44)41-28-42(55-45-14-4-2-11-38(45)32-51-49(55)17-9-27-61-51)30-43(29-41)58-63-56(36-21-19-35(20-22-36)40-12-7-25-59-34-40)62-57(64-58)39-23-24-47-46-15-5-6-18-52(46)65-53(47)33-39/h1-34H. The summed E-state index contributed by atoms with van der Waals surface area (Å²) in [6, 6.07) is 63.2. The van der Waals surface area contributed by atoms with Crippen LogP contribution in [0.15, 0.2) is 211 Å². The van der Waals surface area contributed by atoms with E-state index in [-0.39, 0.29) is 0 Å². The van der Waals surface area contributed by atoms with E-state index < -0.39 is 0 Å². The van der Waals surface area contributed by atoms with Gasteiger partial charge >= 0.3 is 0 Å². The zero-order chi connectivity index (χ0) is 42.8. The van der Waals surface area contributed by atoms with Crippen LogP contribution in [0.1, 0.15) is 0 Å². The van der Waals surface area contributed by atoms with Gasteiger partial charge in [0.1, 0.15) is 11.2 Å². The third-order valence-corrected chi connectivity index (χ3v) is 12.4. The minimum atomic E-state index is 0.537. The number of pyridine rings is 3. The van der Waals surface area contributed by atoms with Gasteiger partial charge in [0, 0.05) is 63.0 Å². The number of aromatic nitrogens is 6. The van der Waals surface area contributed by atoms with Crippen molar-refractivity contribution in [3.05, 3.63) is 207 Å². The van der Waals surface area contributed by atoms with Crippen LogP contribution in [0.3, 0.4) is 0 Å². The lowest BCUT2D eigenvalue weighted by molar-refractivity contribution is 0.669. The van der Waals surface area contributed by atoms with Gasteiger partial charge in [0.15, 0.2) is 17.5 Å². The summed E-state index contributed by atoms with van der Waals surface area (Å²) in [5.74, 6) is 1.63. The number of hydrogen-bond acceptors (Lipinski definition) is 7. The molecule has 0 fully saturated rings. The maximum Gasteiger partial charge on any atom is 0.164 e. The fraction of sp³-hybridized carbons (Fsp3) is 0. The summed E-state index contributed by atoms with van der Waals surface area (Å²) in [4.78, 5) is 29.9. The van der Waals surface area contributed by atoms with Gasteiger partial charge in [-0.2, -0.15) is 0 Å². The van der Waals surface area contributed by atoms with Crippen molar-refractivity contribution in [1.82, 2.24) is 29.9 Å². The molecule has 7 nitrogen and oxygen atoms in total. The van der Waals surface area contributed by atoms with Gasteiger partial charge in [-0.1, -0.05) is 115 Å². The number of nitrogens with zero attached hydrogens (tertiary/aromatic N) is 6. The highest BCUT2D eigenvalue weighted by Crippen LogP contribution is 2.43. The molecule has 0 aliphatic carbocycles. The van der Waals surface area contributed by atoms with Gasteiger partial charge in [-0.05, 0) is 122 Å². The van der Waals surface area contributed by atoms with E-state index >= 15 is 0 Å². The molecule has 0 atom stereocenters. The number of para-hydroxylation sites is 1. The van der Waals surface area contributed by atoms with Gasteiger partial charge < -0.3 is 4.42 Å². The molecule has 8 aromatic carbocycles. The molecule has 0 saturated carbocycles. The summed E-state index contributed by atoms with van der Waals surface area (Å²) in [5.41, 5.74) is 12.3. The van der Waals surface area contributed by atoms with Crippen molar-refractivity contribution in [2.45, 2.75) is 0 Å². The van der Waals surface area contributed by atoms with Crippen LogP contribution in [0.4, 0.5) is 0 Å². The molecule has 0 saturated heterocycles. The summed E-state index contributed by atoms with van der Waals surface area (Å²) in [7, 11) is 0. The molecule has 13 rings (SSSR count). The van der Waals surface area contributed by atoms with E-state index in [0.29, 0.717) is 17.5 Å². The van der Waals surface area contributed by atoms with Gasteiger partial charge in [-0.25, -0.2) is 15.0 Å². The predicted octanol–water partition coefficient (Wildman–Crippen LogP) is 14.6. The van der Waals surface area contributed by atoms with E-state index in [0.717, 1.165) is 115 Å². The lowest BCUT2D eigenvalue weighted by atomic mass is 9.88. The molecule has 5 aromatic heterocycles. The third-order valence-electron chi connectivity index (χ3n) is 12.4. The van der Waals surface area contributed by atoms with Crippen LogP contribution in [0.5, 0.6) is 0 Å². The van der Waals surface area contributed by atoms with Gasteiger partial charge in [0.25, 0.3) is 0 Å². The largest absolute Gasteiger partial charge is 0.456 e. The number of furan rings is 1. The van der Waals surface area contributed by atoms with Crippen LogP contribution in [0.25, 0.3) is 133 Å². The Balaban J connectivity index is 1.10. The Morgan fingerprint density at radius 2 is 0.815 bits per heavy atom. The van der Waals surface area contributed by atoms with E-state index in [1.807, 2.05) is 61.1 Å². The maximum absolute atomic E-state index is 6.38. The van der Waals surface area contributed by atoms with E-state index in [1.54, 1.807) is 6.20 Å². The summed E-state index contributed by atoms with van der Waals surface area (Å²) >= 11 is 0. The molecular formula is C58H34N6O. The van der Waals surface area contributed by atoms with Crippen molar-refractivity contribution in [2.24, 2.45) is 0 Å². The van der Waals surface area contributed by atoms with E-state index in [2.05, 4.69) is 145 Å². The highest BCUT2D eigenvalue weighted by atomic mass is 16.3. The molecule has 13 aromatic rings. The molecule has 0 amide bonds. The minimum Gasteiger partial charge on any atom is -0.456 e. The van der Waals surface area contributed by atoms with Gasteiger partial charge in [-0.15, -0.1) is 0 Å². The molecule has 0 spiro atoms. The van der Waals surface area contributed by atoms with Crippen molar-refractivity contribution < 1.29 is 4.42 Å². The highest BCUT2D eigenvalue weighted by Gasteiger charge is 2.20. The summed E-state index contributed by atoms with van der Waals surface area (Å²) < 4.78 is 6.38. The first-order valence-corrected chi connectivity index (χ1v) is 21.6. The Hall–Kier alpha value is -8.94. The average Bonchev–Trinajstić information content (AvgIpc) is 3.75. The van der Waals surface area contributed by atoms with E-state index in [1.165, 1.54) is 0 Å². The summed E-state index contributed by atoms with van der Waals surface area (Å²) in [5, 5.41) is 8.71. The minimum absolute atomic E-state index is 0.537. The van der Waals surface area contributed by atoms with Crippen molar-refractivity contribution in [3.8, 4) is 67.5 Å². The molecule has 0 aliphatic heterocycles. The molecule has 7 heteroatoms. The Morgan fingerprint density at radius 3 is 1.46 bits per heavy atom. The highest BCUT2D eigenvalue weighted by molar-refractivity contribution is 6.15. The molecule has 0 aliphatic rings. The first-order chi connectivity index (χ1) is 32.2. The monoisotopic (exact) mass is 830 g/mol. The van der Waals surface area contributed by atoms with E-state index in [9.17, 15) is 0 Å². The molecule has 0 unspecified atom stereocenters. The number of hydrogen-bond donors (Lipinski definition) is 0. The normalized spacial score (nSPS) is 11.7. The molecule has 0 radical (unpaired) electrons. The van der Waals surface area contributed by atoms with Gasteiger partial charge in [0.2, 0.25) is 0 Å². The molecule has 65 heavy (non-hydrogen) atoms. The Morgan fingerprint density at radius 1 is 0.308 bits per heavy atom. The molecule has 302 valence electrons.